The summed E-state index contributed by atoms with van der Waals surface area (Å²) in [5.74, 6) is 1.42. The van der Waals surface area contributed by atoms with Crippen LogP contribution < -0.4 is 15.8 Å². The van der Waals surface area contributed by atoms with Gasteiger partial charge in [-0.25, -0.2) is 0 Å². The van der Waals surface area contributed by atoms with Gasteiger partial charge < -0.3 is 15.8 Å². The molecule has 1 aromatic rings. The van der Waals surface area contributed by atoms with Crippen LogP contribution in [0.15, 0.2) is 24.3 Å². The molecule has 2 atom stereocenters. The van der Waals surface area contributed by atoms with Gasteiger partial charge in [-0.1, -0.05) is 19.1 Å². The molecule has 1 heterocycles. The van der Waals surface area contributed by atoms with Crippen molar-refractivity contribution in [2.75, 3.05) is 26.7 Å². The lowest BCUT2D eigenvalue weighted by molar-refractivity contribution is -0.125. The molecular weight excluding hydrogens is 302 g/mol. The lowest BCUT2D eigenvalue weighted by Gasteiger charge is -2.32. The van der Waals surface area contributed by atoms with Crippen LogP contribution in [0.2, 0.25) is 0 Å². The second-order valence-corrected chi connectivity index (χ2v) is 6.96. The molecule has 1 saturated heterocycles. The summed E-state index contributed by atoms with van der Waals surface area (Å²) in [6.07, 6.45) is 2.26. The molecule has 1 aliphatic rings. The topological polar surface area (TPSA) is 67.6 Å². The number of likely N-dealkylation sites (tertiary alicyclic amines) is 1. The molecule has 5 nitrogen and oxygen atoms in total. The van der Waals surface area contributed by atoms with Crippen LogP contribution in [-0.4, -0.2) is 43.6 Å². The minimum atomic E-state index is -0.125. The van der Waals surface area contributed by atoms with Gasteiger partial charge in [0.1, 0.15) is 5.75 Å². The molecule has 0 spiro atoms. The summed E-state index contributed by atoms with van der Waals surface area (Å²) >= 11 is 0. The lowest BCUT2D eigenvalue weighted by atomic mass is 9.95. The van der Waals surface area contributed by atoms with E-state index in [-0.39, 0.29) is 17.9 Å². The molecule has 2 unspecified atom stereocenters. The molecule has 1 fully saturated rings. The highest BCUT2D eigenvalue weighted by Crippen LogP contribution is 2.20. The van der Waals surface area contributed by atoms with E-state index < -0.39 is 0 Å². The Balaban J connectivity index is 1.70. The van der Waals surface area contributed by atoms with E-state index in [0.717, 1.165) is 44.8 Å². The summed E-state index contributed by atoms with van der Waals surface area (Å²) in [5, 5.41) is 3.06. The number of ether oxygens (including phenoxy) is 1. The molecule has 0 radical (unpaired) electrons. The summed E-state index contributed by atoms with van der Waals surface area (Å²) in [6, 6.07) is 8.17. The van der Waals surface area contributed by atoms with E-state index in [1.54, 1.807) is 7.11 Å². The van der Waals surface area contributed by atoms with Gasteiger partial charge in [-0.05, 0) is 56.5 Å². The van der Waals surface area contributed by atoms with Crippen LogP contribution in [0.1, 0.15) is 32.3 Å². The van der Waals surface area contributed by atoms with Gasteiger partial charge in [-0.3, -0.25) is 9.69 Å². The fourth-order valence-electron chi connectivity index (χ4n) is 2.98. The molecule has 3 N–H and O–H groups in total. The summed E-state index contributed by atoms with van der Waals surface area (Å²) in [6.45, 7) is 7.67. The van der Waals surface area contributed by atoms with E-state index in [1.807, 2.05) is 26.0 Å². The van der Waals surface area contributed by atoms with Crippen LogP contribution in [0.4, 0.5) is 0 Å². The number of amides is 1. The van der Waals surface area contributed by atoms with Crippen molar-refractivity contribution in [3.05, 3.63) is 29.8 Å². The smallest absolute Gasteiger partial charge is 0.224 e. The third kappa shape index (κ3) is 5.49. The largest absolute Gasteiger partial charge is 0.497 e. The van der Waals surface area contributed by atoms with Crippen molar-refractivity contribution < 1.29 is 9.53 Å². The van der Waals surface area contributed by atoms with E-state index >= 15 is 0 Å². The molecule has 24 heavy (non-hydrogen) atoms. The van der Waals surface area contributed by atoms with Crippen molar-refractivity contribution in [1.82, 2.24) is 10.2 Å². The van der Waals surface area contributed by atoms with Crippen LogP contribution in [0.25, 0.3) is 0 Å². The van der Waals surface area contributed by atoms with Gasteiger partial charge in [0.25, 0.3) is 0 Å². The number of piperidine rings is 1. The summed E-state index contributed by atoms with van der Waals surface area (Å²) in [4.78, 5) is 14.5. The first kappa shape index (κ1) is 18.7. The van der Waals surface area contributed by atoms with Crippen molar-refractivity contribution in [3.63, 3.8) is 0 Å². The van der Waals surface area contributed by atoms with Crippen molar-refractivity contribution in [2.24, 2.45) is 17.6 Å². The number of carbonyl (C=O) groups excluding carboxylic acids is 1. The molecule has 0 saturated carbocycles. The highest BCUT2D eigenvalue weighted by molar-refractivity contribution is 5.78. The monoisotopic (exact) mass is 333 g/mol. The second-order valence-electron chi connectivity index (χ2n) is 6.96. The average molecular weight is 333 g/mol. The number of hydrogen-bond acceptors (Lipinski definition) is 4. The lowest BCUT2D eigenvalue weighted by Crippen LogP contribution is -2.42. The van der Waals surface area contributed by atoms with Crippen molar-refractivity contribution in [3.8, 4) is 5.75 Å². The zero-order chi connectivity index (χ0) is 17.5. The summed E-state index contributed by atoms with van der Waals surface area (Å²) in [5.41, 5.74) is 7.09. The molecule has 0 aliphatic carbocycles. The number of carbonyl (C=O) groups is 1. The molecule has 0 bridgehead atoms. The third-order valence-corrected chi connectivity index (χ3v) is 5.04. The van der Waals surface area contributed by atoms with Crippen LogP contribution in [0.5, 0.6) is 5.75 Å². The Morgan fingerprint density at radius 3 is 2.46 bits per heavy atom. The van der Waals surface area contributed by atoms with E-state index in [0.29, 0.717) is 5.92 Å². The van der Waals surface area contributed by atoms with Crippen LogP contribution in [0, 0.1) is 11.8 Å². The number of nitrogens with one attached hydrogen (secondary N) is 1. The quantitative estimate of drug-likeness (QED) is 0.801. The molecule has 2 rings (SSSR count). The average Bonchev–Trinajstić information content (AvgIpc) is 2.60. The zero-order valence-electron chi connectivity index (χ0n) is 15.1. The predicted octanol–water partition coefficient (Wildman–Crippen LogP) is 2.01. The second kappa shape index (κ2) is 9.04. The van der Waals surface area contributed by atoms with Gasteiger partial charge in [0, 0.05) is 25.0 Å². The summed E-state index contributed by atoms with van der Waals surface area (Å²) in [7, 11) is 1.69. The van der Waals surface area contributed by atoms with Crippen LogP contribution in [-0.2, 0) is 11.3 Å². The first-order chi connectivity index (χ1) is 11.5. The fraction of sp³-hybridized carbons (Fsp3) is 0.632. The Hall–Kier alpha value is -1.59. The van der Waals surface area contributed by atoms with E-state index in [4.69, 9.17) is 10.5 Å². The van der Waals surface area contributed by atoms with E-state index in [1.165, 1.54) is 5.56 Å². The molecule has 134 valence electrons. The molecule has 1 aliphatic heterocycles. The Kier molecular flexibility index (Phi) is 7.06. The maximum Gasteiger partial charge on any atom is 0.224 e. The molecule has 5 heteroatoms. The molecule has 1 aromatic carbocycles. The predicted molar refractivity (Wildman–Crippen MR) is 96.8 cm³/mol. The number of rotatable bonds is 7. The van der Waals surface area contributed by atoms with Crippen molar-refractivity contribution in [1.29, 1.82) is 0 Å². The maximum absolute atomic E-state index is 12.0. The SMILES string of the molecule is COc1ccc(CN2CCC(CNC(=O)C(C)C(C)N)CC2)cc1. The highest BCUT2D eigenvalue weighted by atomic mass is 16.5. The molecular formula is C19H31N3O2. The number of nitrogens with two attached hydrogens (primary N) is 1. The number of methoxy groups -OCH3 is 1. The van der Waals surface area contributed by atoms with Crippen molar-refractivity contribution >= 4 is 5.91 Å². The van der Waals surface area contributed by atoms with E-state index in [2.05, 4.69) is 22.3 Å². The van der Waals surface area contributed by atoms with E-state index in [9.17, 15) is 4.79 Å². The Morgan fingerprint density at radius 2 is 1.92 bits per heavy atom. The van der Waals surface area contributed by atoms with Crippen molar-refractivity contribution in [2.45, 2.75) is 39.3 Å². The third-order valence-electron chi connectivity index (χ3n) is 5.04. The fourth-order valence-corrected chi connectivity index (χ4v) is 2.98. The van der Waals surface area contributed by atoms with Gasteiger partial charge in [-0.15, -0.1) is 0 Å². The maximum atomic E-state index is 12.0. The Labute approximate surface area is 145 Å². The number of hydrogen-bond donors (Lipinski definition) is 2. The minimum absolute atomic E-state index is 0.0747. The van der Waals surface area contributed by atoms with Gasteiger partial charge >= 0.3 is 0 Å². The van der Waals surface area contributed by atoms with Gasteiger partial charge in [0.2, 0.25) is 5.91 Å². The first-order valence-electron chi connectivity index (χ1n) is 8.88. The van der Waals surface area contributed by atoms with Gasteiger partial charge in [0.05, 0.1) is 7.11 Å². The normalized spacial score (nSPS) is 18.8. The Bertz CT molecular complexity index is 508. The van der Waals surface area contributed by atoms with Gasteiger partial charge in [-0.2, -0.15) is 0 Å². The minimum Gasteiger partial charge on any atom is -0.497 e. The standard InChI is InChI=1S/C19H31N3O2/c1-14(15(2)20)19(23)21-12-16-8-10-22(11-9-16)13-17-4-6-18(24-3)7-5-17/h4-7,14-16H,8-13,20H2,1-3H3,(H,21,23). The van der Waals surface area contributed by atoms with Gasteiger partial charge in [0.15, 0.2) is 0 Å². The highest BCUT2D eigenvalue weighted by Gasteiger charge is 2.22. The molecule has 0 aromatic heterocycles. The number of benzene rings is 1. The molecule has 1 amide bonds. The Morgan fingerprint density at radius 1 is 1.29 bits per heavy atom. The number of nitrogens with zero attached hydrogens (tertiary/aromatic N) is 1. The summed E-state index contributed by atoms with van der Waals surface area (Å²) < 4.78 is 5.19. The van der Waals surface area contributed by atoms with Crippen LogP contribution in [0.3, 0.4) is 0 Å². The zero-order valence-corrected chi connectivity index (χ0v) is 15.1. The van der Waals surface area contributed by atoms with Crippen LogP contribution >= 0.6 is 0 Å². The first-order valence-corrected chi connectivity index (χ1v) is 8.88.